The van der Waals surface area contributed by atoms with Gasteiger partial charge in [0.2, 0.25) is 5.88 Å². The Labute approximate surface area is 178 Å². The van der Waals surface area contributed by atoms with Crippen LogP contribution in [0.25, 0.3) is 0 Å². The second-order valence-electron chi connectivity index (χ2n) is 7.98. The van der Waals surface area contributed by atoms with Gasteiger partial charge >= 0.3 is 6.18 Å². The third kappa shape index (κ3) is 5.47. The molecular formula is C21H25ClF3N3O2. The van der Waals surface area contributed by atoms with Gasteiger partial charge in [0.05, 0.1) is 16.3 Å². The zero-order valence-electron chi connectivity index (χ0n) is 16.9. The van der Waals surface area contributed by atoms with Crippen molar-refractivity contribution in [2.45, 2.75) is 45.2 Å². The predicted octanol–water partition coefficient (Wildman–Crippen LogP) is 5.82. The molecule has 30 heavy (non-hydrogen) atoms. The molecule has 0 saturated carbocycles. The Hall–Kier alpha value is -2.22. The second-order valence-corrected chi connectivity index (χ2v) is 8.39. The highest BCUT2D eigenvalue weighted by atomic mass is 35.5. The average Bonchev–Trinajstić information content (AvgIpc) is 3.15. The third-order valence-corrected chi connectivity index (χ3v) is 5.58. The molecule has 1 aromatic carbocycles. The summed E-state index contributed by atoms with van der Waals surface area (Å²) in [7, 11) is 0. The van der Waals surface area contributed by atoms with Crippen molar-refractivity contribution in [3.63, 3.8) is 0 Å². The minimum atomic E-state index is -4.54. The molecule has 1 aliphatic heterocycles. The number of hydrogen-bond donors (Lipinski definition) is 1. The molecule has 2 heterocycles. The number of nitrogens with zero attached hydrogens (tertiary/aromatic N) is 2. The Bertz CT molecular complexity index is 875. The number of halogens is 4. The van der Waals surface area contributed by atoms with E-state index in [1.54, 1.807) is 4.90 Å². The van der Waals surface area contributed by atoms with Crippen LogP contribution in [0, 0.1) is 5.92 Å². The first-order valence-corrected chi connectivity index (χ1v) is 10.4. The van der Waals surface area contributed by atoms with E-state index >= 15 is 0 Å². The number of carbonyl (C=O) groups is 1. The van der Waals surface area contributed by atoms with Gasteiger partial charge in [-0.15, -0.1) is 0 Å². The summed E-state index contributed by atoms with van der Waals surface area (Å²) in [6, 6.07) is 5.02. The molecule has 1 fully saturated rings. The van der Waals surface area contributed by atoms with Gasteiger partial charge < -0.3 is 14.7 Å². The summed E-state index contributed by atoms with van der Waals surface area (Å²) < 4.78 is 43.9. The fraction of sp³-hybridized carbons (Fsp3) is 0.524. The van der Waals surface area contributed by atoms with Crippen LogP contribution in [0.15, 0.2) is 28.8 Å². The molecule has 1 aromatic heterocycles. The van der Waals surface area contributed by atoms with Crippen LogP contribution in [0.4, 0.5) is 19.1 Å². The molecule has 3 rings (SSSR count). The van der Waals surface area contributed by atoms with Gasteiger partial charge in [-0.05, 0) is 43.4 Å². The van der Waals surface area contributed by atoms with Crippen LogP contribution in [0.3, 0.4) is 0 Å². The monoisotopic (exact) mass is 443 g/mol. The lowest BCUT2D eigenvalue weighted by Crippen LogP contribution is -2.38. The number of amides is 1. The van der Waals surface area contributed by atoms with Gasteiger partial charge in [-0.1, -0.05) is 30.6 Å². The first kappa shape index (κ1) is 22.5. The van der Waals surface area contributed by atoms with Gasteiger partial charge in [0.1, 0.15) is 0 Å². The molecule has 2 aromatic rings. The minimum absolute atomic E-state index is 0.157. The summed E-state index contributed by atoms with van der Waals surface area (Å²) in [6.45, 7) is 6.10. The standard InChI is InChI=1S/C21H25ClF3N3O2/c1-13(2)5-8-26-19-12-18(27-30-19)14-6-9-28(10-7-14)20(29)15-3-4-16(17(22)11-15)21(23,24)25/h3-4,11-14,26H,5-10H2,1-2H3. The highest BCUT2D eigenvalue weighted by Crippen LogP contribution is 2.35. The van der Waals surface area contributed by atoms with Crippen molar-refractivity contribution in [2.24, 2.45) is 5.92 Å². The summed E-state index contributed by atoms with van der Waals surface area (Å²) in [5, 5.41) is 6.89. The van der Waals surface area contributed by atoms with Gasteiger partial charge in [0.25, 0.3) is 5.91 Å². The number of piperidine rings is 1. The lowest BCUT2D eigenvalue weighted by atomic mass is 9.93. The zero-order valence-corrected chi connectivity index (χ0v) is 17.7. The predicted molar refractivity (Wildman–Crippen MR) is 109 cm³/mol. The number of aromatic nitrogens is 1. The Balaban J connectivity index is 1.56. The molecule has 9 heteroatoms. The van der Waals surface area contributed by atoms with E-state index in [0.717, 1.165) is 30.8 Å². The van der Waals surface area contributed by atoms with Crippen LogP contribution in [0.5, 0.6) is 0 Å². The summed E-state index contributed by atoms with van der Waals surface area (Å²) in [4.78, 5) is 14.3. The van der Waals surface area contributed by atoms with Crippen LogP contribution in [0.1, 0.15) is 60.6 Å². The average molecular weight is 444 g/mol. The number of hydrogen-bond acceptors (Lipinski definition) is 4. The molecular weight excluding hydrogens is 419 g/mol. The molecule has 1 amide bonds. The van der Waals surface area contributed by atoms with E-state index < -0.39 is 16.8 Å². The van der Waals surface area contributed by atoms with Crippen molar-refractivity contribution < 1.29 is 22.5 Å². The van der Waals surface area contributed by atoms with Crippen LogP contribution in [-0.2, 0) is 6.18 Å². The van der Waals surface area contributed by atoms with E-state index in [4.69, 9.17) is 16.1 Å². The number of likely N-dealkylation sites (tertiary alicyclic amines) is 1. The first-order chi connectivity index (χ1) is 14.1. The quantitative estimate of drug-likeness (QED) is 0.610. The van der Waals surface area contributed by atoms with E-state index in [0.29, 0.717) is 37.7 Å². The normalized spacial score (nSPS) is 15.6. The lowest BCUT2D eigenvalue weighted by molar-refractivity contribution is -0.137. The zero-order chi connectivity index (χ0) is 21.9. The van der Waals surface area contributed by atoms with Gasteiger partial charge in [-0.25, -0.2) is 0 Å². The molecule has 0 radical (unpaired) electrons. The molecule has 0 spiro atoms. The molecule has 1 saturated heterocycles. The number of alkyl halides is 3. The Morgan fingerprint density at radius 2 is 2.00 bits per heavy atom. The van der Waals surface area contributed by atoms with Gasteiger partial charge in [0.15, 0.2) is 0 Å². The van der Waals surface area contributed by atoms with Crippen molar-refractivity contribution in [1.29, 1.82) is 0 Å². The molecule has 164 valence electrons. The minimum Gasteiger partial charge on any atom is -0.354 e. The largest absolute Gasteiger partial charge is 0.417 e. The van der Waals surface area contributed by atoms with Crippen LogP contribution >= 0.6 is 11.6 Å². The Morgan fingerprint density at radius 3 is 2.60 bits per heavy atom. The summed E-state index contributed by atoms with van der Waals surface area (Å²) >= 11 is 5.74. The third-order valence-electron chi connectivity index (χ3n) is 5.27. The highest BCUT2D eigenvalue weighted by Gasteiger charge is 2.34. The van der Waals surface area contributed by atoms with Gasteiger partial charge in [-0.3, -0.25) is 4.79 Å². The molecule has 1 aliphatic rings. The van der Waals surface area contributed by atoms with Gasteiger partial charge in [-0.2, -0.15) is 13.2 Å². The number of benzene rings is 1. The van der Waals surface area contributed by atoms with Crippen LogP contribution in [0.2, 0.25) is 5.02 Å². The van der Waals surface area contributed by atoms with Crippen LogP contribution in [-0.4, -0.2) is 35.6 Å². The molecule has 1 N–H and O–H groups in total. The smallest absolute Gasteiger partial charge is 0.354 e. The fourth-order valence-corrected chi connectivity index (χ4v) is 3.78. The Kier molecular flexibility index (Phi) is 6.95. The maximum absolute atomic E-state index is 12.8. The maximum Gasteiger partial charge on any atom is 0.417 e. The molecule has 0 aliphatic carbocycles. The number of nitrogens with one attached hydrogen (secondary N) is 1. The van der Waals surface area contributed by atoms with E-state index in [1.165, 1.54) is 6.07 Å². The highest BCUT2D eigenvalue weighted by molar-refractivity contribution is 6.31. The summed E-state index contributed by atoms with van der Waals surface area (Å²) in [5.74, 6) is 1.10. The second kappa shape index (κ2) is 9.29. The van der Waals surface area contributed by atoms with E-state index in [-0.39, 0.29) is 17.4 Å². The summed E-state index contributed by atoms with van der Waals surface area (Å²) in [6.07, 6.45) is -2.10. The molecule has 0 unspecified atom stereocenters. The molecule has 0 atom stereocenters. The van der Waals surface area contributed by atoms with Crippen molar-refractivity contribution in [2.75, 3.05) is 25.0 Å². The maximum atomic E-state index is 12.8. The van der Waals surface area contributed by atoms with Crippen LogP contribution < -0.4 is 5.32 Å². The SMILES string of the molecule is CC(C)CCNc1cc(C2CCN(C(=O)c3ccc(C(F)(F)F)c(Cl)c3)CC2)no1. The van der Waals surface area contributed by atoms with Crippen molar-refractivity contribution in [1.82, 2.24) is 10.1 Å². The fourth-order valence-electron chi connectivity index (χ4n) is 3.49. The number of carbonyl (C=O) groups excluding carboxylic acids is 1. The lowest BCUT2D eigenvalue weighted by Gasteiger charge is -2.31. The van der Waals surface area contributed by atoms with Crippen molar-refractivity contribution in [3.05, 3.63) is 46.1 Å². The molecule has 5 nitrogen and oxygen atoms in total. The topological polar surface area (TPSA) is 58.4 Å². The Morgan fingerprint density at radius 1 is 1.30 bits per heavy atom. The number of anilines is 1. The van der Waals surface area contributed by atoms with Crippen molar-refractivity contribution in [3.8, 4) is 0 Å². The van der Waals surface area contributed by atoms with E-state index in [1.807, 2.05) is 6.07 Å². The summed E-state index contributed by atoms with van der Waals surface area (Å²) in [5.41, 5.74) is 0.0690. The van der Waals surface area contributed by atoms with Crippen molar-refractivity contribution >= 4 is 23.4 Å². The van der Waals surface area contributed by atoms with Gasteiger partial charge in [0, 0.05) is 37.2 Å². The van der Waals surface area contributed by atoms with E-state index in [2.05, 4.69) is 24.3 Å². The van der Waals surface area contributed by atoms with E-state index in [9.17, 15) is 18.0 Å². The first-order valence-electron chi connectivity index (χ1n) is 10.0. The number of rotatable bonds is 6. The molecule has 0 bridgehead atoms.